The van der Waals surface area contributed by atoms with Crippen molar-refractivity contribution in [2.24, 2.45) is 5.10 Å². The van der Waals surface area contributed by atoms with Crippen LogP contribution in [0.15, 0.2) is 69.1 Å². The molecule has 0 bridgehead atoms. The minimum atomic E-state index is -0.203. The predicted molar refractivity (Wildman–Crippen MR) is 113 cm³/mol. The number of phenols is 1. The smallest absolute Gasteiger partial charge is 0.250 e. The number of nitrogens with zero attached hydrogens (tertiary/aromatic N) is 1. The maximum atomic E-state index is 12.1. The first-order valence-electron chi connectivity index (χ1n) is 8.07. The second-order valence-corrected chi connectivity index (χ2v) is 7.48. The quantitative estimate of drug-likeness (QED) is 0.332. The fraction of sp³-hybridized carbons (Fsp3) is 0.100. The van der Waals surface area contributed by atoms with Crippen LogP contribution in [0, 0.1) is 0 Å². The van der Waals surface area contributed by atoms with Crippen LogP contribution in [0.4, 0.5) is 0 Å². The number of halogens is 1. The first-order chi connectivity index (χ1) is 13.1. The molecule has 0 aliphatic rings. The zero-order chi connectivity index (χ0) is 19.2. The Bertz CT molecular complexity index is 1000. The van der Waals surface area contributed by atoms with Gasteiger partial charge in [-0.05, 0) is 44.9 Å². The van der Waals surface area contributed by atoms with Crippen LogP contribution in [-0.4, -0.2) is 30.1 Å². The van der Waals surface area contributed by atoms with E-state index in [1.807, 2.05) is 42.5 Å². The van der Waals surface area contributed by atoms with Crippen LogP contribution in [0.5, 0.6) is 11.5 Å². The van der Waals surface area contributed by atoms with Gasteiger partial charge < -0.3 is 9.84 Å². The molecule has 1 amide bonds. The minimum Gasteiger partial charge on any atom is -0.504 e. The van der Waals surface area contributed by atoms with Crippen molar-refractivity contribution >= 4 is 50.6 Å². The predicted octanol–water partition coefficient (Wildman–Crippen LogP) is 4.56. The lowest BCUT2D eigenvalue weighted by molar-refractivity contribution is -0.118. The summed E-state index contributed by atoms with van der Waals surface area (Å²) in [5.41, 5.74) is 3.19. The van der Waals surface area contributed by atoms with Gasteiger partial charge in [0.15, 0.2) is 11.5 Å². The topological polar surface area (TPSA) is 70.9 Å². The molecule has 5 nitrogen and oxygen atoms in total. The fourth-order valence-corrected chi connectivity index (χ4v) is 3.79. The first kappa shape index (κ1) is 19.3. The number of hydrogen-bond acceptors (Lipinski definition) is 5. The summed E-state index contributed by atoms with van der Waals surface area (Å²) in [4.78, 5) is 13.1. The molecule has 138 valence electrons. The van der Waals surface area contributed by atoms with Crippen LogP contribution in [0.3, 0.4) is 0 Å². The maximum Gasteiger partial charge on any atom is 0.250 e. The first-order valence-corrected chi connectivity index (χ1v) is 9.85. The van der Waals surface area contributed by atoms with E-state index in [4.69, 9.17) is 4.74 Å². The normalized spacial score (nSPS) is 11.0. The van der Waals surface area contributed by atoms with Crippen LogP contribution < -0.4 is 10.2 Å². The number of ether oxygens (including phenoxy) is 1. The van der Waals surface area contributed by atoms with E-state index in [0.29, 0.717) is 15.8 Å². The third-order valence-corrected chi connectivity index (χ3v) is 5.56. The van der Waals surface area contributed by atoms with E-state index in [0.717, 1.165) is 15.7 Å². The summed E-state index contributed by atoms with van der Waals surface area (Å²) < 4.78 is 5.71. The molecule has 27 heavy (non-hydrogen) atoms. The van der Waals surface area contributed by atoms with Gasteiger partial charge in [-0.2, -0.15) is 5.10 Å². The zero-order valence-corrected chi connectivity index (χ0v) is 16.9. The molecule has 7 heteroatoms. The summed E-state index contributed by atoms with van der Waals surface area (Å²) >= 11 is 4.81. The van der Waals surface area contributed by atoms with Gasteiger partial charge in [0.1, 0.15) is 0 Å². The average Bonchev–Trinajstić information content (AvgIpc) is 2.68. The molecule has 2 N–H and O–H groups in total. The molecule has 3 aromatic rings. The number of carbonyl (C=O) groups is 1. The Balaban J connectivity index is 1.61. The summed E-state index contributed by atoms with van der Waals surface area (Å²) in [6, 6.07) is 17.2. The number of benzene rings is 3. The van der Waals surface area contributed by atoms with E-state index in [1.54, 1.807) is 6.07 Å². The second-order valence-electron chi connectivity index (χ2n) is 5.60. The average molecular weight is 445 g/mol. The van der Waals surface area contributed by atoms with Gasteiger partial charge in [0.2, 0.25) is 5.91 Å². The summed E-state index contributed by atoms with van der Waals surface area (Å²) in [5.74, 6) is 0.409. The van der Waals surface area contributed by atoms with Crippen LogP contribution in [0.25, 0.3) is 10.8 Å². The lowest BCUT2D eigenvalue weighted by atomic mass is 10.1. The van der Waals surface area contributed by atoms with E-state index in [2.05, 4.69) is 26.5 Å². The Morgan fingerprint density at radius 3 is 2.85 bits per heavy atom. The van der Waals surface area contributed by atoms with Crippen molar-refractivity contribution in [2.75, 3.05) is 12.9 Å². The highest BCUT2D eigenvalue weighted by molar-refractivity contribution is 9.10. The number of amides is 1. The molecule has 0 saturated heterocycles. The van der Waals surface area contributed by atoms with Crippen molar-refractivity contribution in [1.29, 1.82) is 0 Å². The number of thioether (sulfide) groups is 1. The van der Waals surface area contributed by atoms with Crippen LogP contribution in [0.1, 0.15) is 5.56 Å². The maximum absolute atomic E-state index is 12.1. The SMILES string of the molecule is COc1cc(/C=N/NC(=O)CSc2cccc3ccccc23)c(Br)cc1O. The highest BCUT2D eigenvalue weighted by Gasteiger charge is 2.07. The van der Waals surface area contributed by atoms with Crippen molar-refractivity contribution in [1.82, 2.24) is 5.43 Å². The number of aromatic hydroxyl groups is 1. The Morgan fingerprint density at radius 2 is 2.04 bits per heavy atom. The van der Waals surface area contributed by atoms with Gasteiger partial charge in [-0.3, -0.25) is 4.79 Å². The van der Waals surface area contributed by atoms with Crippen LogP contribution in [-0.2, 0) is 4.79 Å². The monoisotopic (exact) mass is 444 g/mol. The van der Waals surface area contributed by atoms with E-state index in [-0.39, 0.29) is 17.4 Å². The molecule has 0 spiro atoms. The van der Waals surface area contributed by atoms with Crippen molar-refractivity contribution in [3.63, 3.8) is 0 Å². The summed E-state index contributed by atoms with van der Waals surface area (Å²) in [6.07, 6.45) is 1.49. The third kappa shape index (κ3) is 4.81. The number of carbonyl (C=O) groups excluding carboxylic acids is 1. The Hall–Kier alpha value is -2.51. The lowest BCUT2D eigenvalue weighted by Crippen LogP contribution is -2.19. The molecule has 0 aliphatic heterocycles. The van der Waals surface area contributed by atoms with E-state index in [9.17, 15) is 9.90 Å². The third-order valence-electron chi connectivity index (χ3n) is 3.80. The van der Waals surface area contributed by atoms with Gasteiger partial charge in [0, 0.05) is 14.9 Å². The van der Waals surface area contributed by atoms with E-state index >= 15 is 0 Å². The van der Waals surface area contributed by atoms with Crippen molar-refractivity contribution < 1.29 is 14.6 Å². The van der Waals surface area contributed by atoms with Gasteiger partial charge in [-0.15, -0.1) is 11.8 Å². The number of fused-ring (bicyclic) bond motifs is 1. The molecule has 0 saturated carbocycles. The number of phenolic OH excluding ortho intramolecular Hbond substituents is 1. The minimum absolute atomic E-state index is 0.0250. The molecule has 0 heterocycles. The molecule has 0 radical (unpaired) electrons. The van der Waals surface area contributed by atoms with Crippen molar-refractivity contribution in [3.05, 3.63) is 64.6 Å². The molecule has 0 unspecified atom stereocenters. The summed E-state index contributed by atoms with van der Waals surface area (Å²) in [6.45, 7) is 0. The Labute approximate surface area is 169 Å². The lowest BCUT2D eigenvalue weighted by Gasteiger charge is -2.07. The fourth-order valence-electron chi connectivity index (χ4n) is 2.49. The zero-order valence-electron chi connectivity index (χ0n) is 14.5. The van der Waals surface area contributed by atoms with Gasteiger partial charge in [0.25, 0.3) is 0 Å². The van der Waals surface area contributed by atoms with E-state index < -0.39 is 0 Å². The summed E-state index contributed by atoms with van der Waals surface area (Å²) in [7, 11) is 1.47. The van der Waals surface area contributed by atoms with Gasteiger partial charge in [-0.25, -0.2) is 5.43 Å². The van der Waals surface area contributed by atoms with Crippen LogP contribution >= 0.6 is 27.7 Å². The van der Waals surface area contributed by atoms with Crippen LogP contribution in [0.2, 0.25) is 0 Å². The molecule has 3 aromatic carbocycles. The molecular weight excluding hydrogens is 428 g/mol. The number of rotatable bonds is 6. The van der Waals surface area contributed by atoms with Gasteiger partial charge in [-0.1, -0.05) is 36.4 Å². The highest BCUT2D eigenvalue weighted by Crippen LogP contribution is 2.31. The molecule has 0 atom stereocenters. The molecule has 0 aliphatic carbocycles. The Morgan fingerprint density at radius 1 is 1.26 bits per heavy atom. The molecule has 0 fully saturated rings. The molecule has 3 rings (SSSR count). The highest BCUT2D eigenvalue weighted by atomic mass is 79.9. The number of hydrogen-bond donors (Lipinski definition) is 2. The van der Waals surface area contributed by atoms with Gasteiger partial charge >= 0.3 is 0 Å². The molecular formula is C20H17BrN2O3S. The number of hydrazone groups is 1. The van der Waals surface area contributed by atoms with Crippen molar-refractivity contribution in [3.8, 4) is 11.5 Å². The molecule has 0 aromatic heterocycles. The number of methoxy groups -OCH3 is 1. The van der Waals surface area contributed by atoms with Gasteiger partial charge in [0.05, 0.1) is 19.1 Å². The second kappa shape index (κ2) is 8.92. The summed E-state index contributed by atoms with van der Waals surface area (Å²) in [5, 5.41) is 16.0. The Kier molecular flexibility index (Phi) is 6.36. The largest absolute Gasteiger partial charge is 0.504 e. The van der Waals surface area contributed by atoms with Crippen molar-refractivity contribution in [2.45, 2.75) is 4.90 Å². The van der Waals surface area contributed by atoms with E-state index in [1.165, 1.54) is 31.2 Å². The standard InChI is InChI=1S/C20H17BrN2O3S/c1-26-18-9-14(16(21)10-17(18)24)11-22-23-20(25)12-27-19-8-4-6-13-5-2-3-7-15(13)19/h2-11,24H,12H2,1H3,(H,23,25)/b22-11+. The number of nitrogens with one attached hydrogen (secondary N) is 1.